The summed E-state index contributed by atoms with van der Waals surface area (Å²) in [6, 6.07) is 0. The first-order valence-electron chi connectivity index (χ1n) is 5.00. The summed E-state index contributed by atoms with van der Waals surface area (Å²) in [5.41, 5.74) is 0. The minimum absolute atomic E-state index is 0.568. The monoisotopic (exact) mass is 170 g/mol. The lowest BCUT2D eigenvalue weighted by Crippen LogP contribution is -2.22. The summed E-state index contributed by atoms with van der Waals surface area (Å²) in [7, 11) is 1.73. The van der Waals surface area contributed by atoms with Gasteiger partial charge >= 0.3 is 0 Å². The second-order valence-corrected chi connectivity index (χ2v) is 4.08. The van der Waals surface area contributed by atoms with Gasteiger partial charge in [0.2, 0.25) is 0 Å². The molecule has 0 N–H and O–H groups in total. The molecule has 2 fully saturated rings. The maximum atomic E-state index is 5.75. The molecule has 0 radical (unpaired) electrons. The number of hydrogen-bond acceptors (Lipinski definition) is 2. The number of fused-ring (bicyclic) bond motifs is 2. The first-order valence-corrected chi connectivity index (χ1v) is 5.00. The topological polar surface area (TPSA) is 18.5 Å². The molecule has 2 bridgehead atoms. The Morgan fingerprint density at radius 1 is 1.17 bits per heavy atom. The molecule has 2 nitrogen and oxygen atoms in total. The van der Waals surface area contributed by atoms with Gasteiger partial charge in [0.1, 0.15) is 0 Å². The average Bonchev–Trinajstić information content (AvgIpc) is 2.65. The zero-order valence-corrected chi connectivity index (χ0v) is 7.79. The van der Waals surface area contributed by atoms with Crippen molar-refractivity contribution in [2.45, 2.75) is 31.8 Å². The van der Waals surface area contributed by atoms with Crippen LogP contribution in [0, 0.1) is 11.8 Å². The molecule has 70 valence electrons. The summed E-state index contributed by atoms with van der Waals surface area (Å²) in [5.74, 6) is 1.87. The largest absolute Gasteiger partial charge is 0.382 e. The van der Waals surface area contributed by atoms with Gasteiger partial charge in [-0.15, -0.1) is 0 Å². The summed E-state index contributed by atoms with van der Waals surface area (Å²) in [6.07, 6.45) is 6.17. The van der Waals surface area contributed by atoms with Crippen LogP contribution in [0.1, 0.15) is 25.7 Å². The number of ether oxygens (including phenoxy) is 2. The number of rotatable bonds is 4. The molecule has 2 saturated carbocycles. The lowest BCUT2D eigenvalue weighted by atomic mass is 9.98. The van der Waals surface area contributed by atoms with E-state index in [0.717, 1.165) is 25.0 Å². The van der Waals surface area contributed by atoms with E-state index in [0.29, 0.717) is 6.10 Å². The van der Waals surface area contributed by atoms with E-state index in [1.54, 1.807) is 7.11 Å². The van der Waals surface area contributed by atoms with Crippen molar-refractivity contribution in [1.29, 1.82) is 0 Å². The predicted octanol–water partition coefficient (Wildman–Crippen LogP) is 1.84. The zero-order valence-electron chi connectivity index (χ0n) is 7.79. The highest BCUT2D eigenvalue weighted by atomic mass is 16.5. The lowest BCUT2D eigenvalue weighted by Gasteiger charge is -2.21. The summed E-state index contributed by atoms with van der Waals surface area (Å²) < 4.78 is 10.7. The van der Waals surface area contributed by atoms with Gasteiger partial charge in [0, 0.05) is 7.11 Å². The van der Waals surface area contributed by atoms with Crippen molar-refractivity contribution >= 4 is 0 Å². The first-order chi connectivity index (χ1) is 5.90. The Hall–Kier alpha value is -0.0800. The molecule has 2 heteroatoms. The van der Waals surface area contributed by atoms with Crippen LogP contribution in [-0.2, 0) is 9.47 Å². The maximum absolute atomic E-state index is 5.75. The third kappa shape index (κ3) is 1.64. The van der Waals surface area contributed by atoms with Crippen molar-refractivity contribution in [3.05, 3.63) is 0 Å². The summed E-state index contributed by atoms with van der Waals surface area (Å²) in [4.78, 5) is 0. The third-order valence-electron chi connectivity index (χ3n) is 3.29. The average molecular weight is 170 g/mol. The van der Waals surface area contributed by atoms with Crippen LogP contribution in [-0.4, -0.2) is 26.4 Å². The smallest absolute Gasteiger partial charge is 0.0704 e. The fourth-order valence-corrected chi connectivity index (χ4v) is 2.67. The van der Waals surface area contributed by atoms with Gasteiger partial charge in [0.05, 0.1) is 19.3 Å². The molecule has 12 heavy (non-hydrogen) atoms. The second-order valence-electron chi connectivity index (χ2n) is 4.08. The molecule has 0 aromatic rings. The molecule has 2 rings (SSSR count). The van der Waals surface area contributed by atoms with Crippen LogP contribution in [0.15, 0.2) is 0 Å². The van der Waals surface area contributed by atoms with Crippen molar-refractivity contribution < 1.29 is 9.47 Å². The Bertz CT molecular complexity index is 147. The van der Waals surface area contributed by atoms with Crippen LogP contribution in [0.4, 0.5) is 0 Å². The van der Waals surface area contributed by atoms with E-state index in [4.69, 9.17) is 9.47 Å². The van der Waals surface area contributed by atoms with E-state index in [9.17, 15) is 0 Å². The molecule has 0 heterocycles. The molecule has 0 saturated heterocycles. The standard InChI is InChI=1S/C10H18O2/c1-11-4-5-12-10-7-8-2-3-9(10)6-8/h8-10H,2-7H2,1H3/t8-,9+,10+/m0/s1. The predicted molar refractivity (Wildman–Crippen MR) is 47.1 cm³/mol. The second kappa shape index (κ2) is 3.75. The Balaban J connectivity index is 1.69. The molecule has 0 amide bonds. The highest BCUT2D eigenvalue weighted by molar-refractivity contribution is 4.90. The van der Waals surface area contributed by atoms with Crippen LogP contribution in [0.25, 0.3) is 0 Å². The van der Waals surface area contributed by atoms with Crippen molar-refractivity contribution in [3.63, 3.8) is 0 Å². The van der Waals surface area contributed by atoms with Crippen molar-refractivity contribution in [2.24, 2.45) is 11.8 Å². The van der Waals surface area contributed by atoms with E-state index in [1.165, 1.54) is 25.7 Å². The van der Waals surface area contributed by atoms with Gasteiger partial charge in [0.25, 0.3) is 0 Å². The molecule has 0 unspecified atom stereocenters. The van der Waals surface area contributed by atoms with Gasteiger partial charge in [-0.2, -0.15) is 0 Å². The Morgan fingerprint density at radius 2 is 2.08 bits per heavy atom. The Kier molecular flexibility index (Phi) is 2.66. The summed E-state index contributed by atoms with van der Waals surface area (Å²) in [5, 5.41) is 0. The van der Waals surface area contributed by atoms with Crippen molar-refractivity contribution in [1.82, 2.24) is 0 Å². The van der Waals surface area contributed by atoms with E-state index in [2.05, 4.69) is 0 Å². The van der Waals surface area contributed by atoms with Gasteiger partial charge in [0.15, 0.2) is 0 Å². The molecule has 2 aliphatic carbocycles. The number of methoxy groups -OCH3 is 1. The SMILES string of the molecule is COCCO[C@@H]1C[C@H]2CC[C@@H]1C2. The third-order valence-corrected chi connectivity index (χ3v) is 3.29. The quantitative estimate of drug-likeness (QED) is 0.599. The minimum Gasteiger partial charge on any atom is -0.382 e. The fourth-order valence-electron chi connectivity index (χ4n) is 2.67. The molecule has 3 atom stereocenters. The highest BCUT2D eigenvalue weighted by Gasteiger charge is 2.39. The first kappa shape index (κ1) is 8.52. The molecule has 0 aromatic heterocycles. The van der Waals surface area contributed by atoms with Gasteiger partial charge in [-0.1, -0.05) is 0 Å². The van der Waals surface area contributed by atoms with Crippen LogP contribution in [0.2, 0.25) is 0 Å². The highest BCUT2D eigenvalue weighted by Crippen LogP contribution is 2.45. The lowest BCUT2D eigenvalue weighted by molar-refractivity contribution is -0.00946. The molecule has 0 aromatic carbocycles. The van der Waals surface area contributed by atoms with Crippen LogP contribution in [0.3, 0.4) is 0 Å². The van der Waals surface area contributed by atoms with E-state index in [1.807, 2.05) is 0 Å². The summed E-state index contributed by atoms with van der Waals surface area (Å²) in [6.45, 7) is 1.53. The maximum Gasteiger partial charge on any atom is 0.0704 e. The Labute approximate surface area is 74.2 Å². The molecule has 0 aliphatic heterocycles. The van der Waals surface area contributed by atoms with Crippen LogP contribution < -0.4 is 0 Å². The molecular weight excluding hydrogens is 152 g/mol. The zero-order chi connectivity index (χ0) is 8.39. The van der Waals surface area contributed by atoms with Crippen molar-refractivity contribution in [2.75, 3.05) is 20.3 Å². The Morgan fingerprint density at radius 3 is 2.67 bits per heavy atom. The van der Waals surface area contributed by atoms with Gasteiger partial charge < -0.3 is 9.47 Å². The van der Waals surface area contributed by atoms with Crippen LogP contribution in [0.5, 0.6) is 0 Å². The van der Waals surface area contributed by atoms with Crippen molar-refractivity contribution in [3.8, 4) is 0 Å². The van der Waals surface area contributed by atoms with Gasteiger partial charge in [-0.3, -0.25) is 0 Å². The minimum atomic E-state index is 0.568. The molecule has 2 aliphatic rings. The fraction of sp³-hybridized carbons (Fsp3) is 1.00. The van der Waals surface area contributed by atoms with E-state index >= 15 is 0 Å². The van der Waals surface area contributed by atoms with Crippen LogP contribution >= 0.6 is 0 Å². The molecular formula is C10H18O2. The van der Waals surface area contributed by atoms with Gasteiger partial charge in [-0.25, -0.2) is 0 Å². The van der Waals surface area contributed by atoms with Gasteiger partial charge in [-0.05, 0) is 37.5 Å². The number of hydrogen-bond donors (Lipinski definition) is 0. The summed E-state index contributed by atoms with van der Waals surface area (Å²) >= 11 is 0. The van der Waals surface area contributed by atoms with E-state index < -0.39 is 0 Å². The molecule has 0 spiro atoms. The van der Waals surface area contributed by atoms with E-state index in [-0.39, 0.29) is 0 Å². The normalized spacial score (nSPS) is 39.2.